The Morgan fingerprint density at radius 1 is 1.07 bits per heavy atom. The van der Waals surface area contributed by atoms with Crippen molar-refractivity contribution in [2.75, 3.05) is 5.75 Å². The van der Waals surface area contributed by atoms with Crippen molar-refractivity contribution in [3.05, 3.63) is 90.1 Å². The molecule has 1 aliphatic rings. The van der Waals surface area contributed by atoms with E-state index in [1.807, 2.05) is 74.5 Å². The third-order valence-corrected chi connectivity index (χ3v) is 8.28. The monoisotopic (exact) mass is 608 g/mol. The lowest BCUT2D eigenvalue weighted by Gasteiger charge is -2.35. The molecule has 1 aromatic heterocycles. The van der Waals surface area contributed by atoms with Gasteiger partial charge in [-0.1, -0.05) is 74.5 Å². The fraction of sp³-hybridized carbons (Fsp3) is 0.438. The zero-order chi connectivity index (χ0) is 31.1. The maximum atomic E-state index is 14.3. The van der Waals surface area contributed by atoms with E-state index in [9.17, 15) is 19.5 Å². The summed E-state index contributed by atoms with van der Waals surface area (Å²) in [6.07, 6.45) is 1.17. The standard InChI is InChI=1S/C32H40N4O6S/c1-20(2)25(35-31(40)42-32(3,4)5)29(39)36-24(19-43-30(36)22-14-10-7-11-15-22)27(38)34-23(18-21-12-8-6-9-13-21)26(37)28-33-16-17-41-28/h6-17,20,23-26,30,37H,18-19H2,1-5H3,(H,34,38)(H,35,40)/t23-,24-,25-,26?,30?/m0/s1. The van der Waals surface area contributed by atoms with Gasteiger partial charge in [0.25, 0.3) is 0 Å². The summed E-state index contributed by atoms with van der Waals surface area (Å²) >= 11 is 1.47. The smallest absolute Gasteiger partial charge is 0.408 e. The number of carbonyl (C=O) groups excluding carboxylic acids is 3. The van der Waals surface area contributed by atoms with Gasteiger partial charge < -0.3 is 29.8 Å². The molecule has 3 aromatic rings. The molecule has 1 saturated heterocycles. The molecule has 0 bridgehead atoms. The molecule has 2 unspecified atom stereocenters. The van der Waals surface area contributed by atoms with Gasteiger partial charge in [0.15, 0.2) is 6.10 Å². The summed E-state index contributed by atoms with van der Waals surface area (Å²) in [4.78, 5) is 46.7. The van der Waals surface area contributed by atoms with Crippen LogP contribution in [0.4, 0.5) is 4.79 Å². The highest BCUT2D eigenvalue weighted by molar-refractivity contribution is 7.99. The van der Waals surface area contributed by atoms with Crippen LogP contribution < -0.4 is 10.6 Å². The lowest BCUT2D eigenvalue weighted by Crippen LogP contribution is -2.57. The molecule has 1 fully saturated rings. The van der Waals surface area contributed by atoms with Gasteiger partial charge in [-0.15, -0.1) is 11.8 Å². The van der Waals surface area contributed by atoms with E-state index in [2.05, 4.69) is 15.6 Å². The molecule has 2 aromatic carbocycles. The second-order valence-electron chi connectivity index (χ2n) is 11.8. The summed E-state index contributed by atoms with van der Waals surface area (Å²) in [6, 6.07) is 16.3. The van der Waals surface area contributed by atoms with Crippen LogP contribution >= 0.6 is 11.8 Å². The SMILES string of the molecule is CC(C)[C@H](NC(=O)OC(C)(C)C)C(=O)N1C(c2ccccc2)SC[C@H]1C(=O)N[C@@H](Cc1ccccc1)C(O)c1ncco1. The number of hydrogen-bond acceptors (Lipinski definition) is 8. The normalized spacial score (nSPS) is 19.0. The summed E-state index contributed by atoms with van der Waals surface area (Å²) < 4.78 is 10.8. The molecular weight excluding hydrogens is 568 g/mol. The third kappa shape index (κ3) is 8.39. The number of ether oxygens (including phenoxy) is 1. The second kappa shape index (κ2) is 14.1. The topological polar surface area (TPSA) is 134 Å². The number of oxazole rings is 1. The number of thioether (sulfide) groups is 1. The number of rotatable bonds is 10. The highest BCUT2D eigenvalue weighted by atomic mass is 32.2. The number of nitrogens with one attached hydrogen (secondary N) is 2. The van der Waals surface area contributed by atoms with Crippen LogP contribution in [-0.2, 0) is 20.7 Å². The molecule has 0 saturated carbocycles. The van der Waals surface area contributed by atoms with E-state index in [1.54, 1.807) is 25.7 Å². The van der Waals surface area contributed by atoms with Crippen molar-refractivity contribution >= 4 is 29.7 Å². The van der Waals surface area contributed by atoms with Gasteiger partial charge in [0.05, 0.1) is 12.2 Å². The fourth-order valence-electron chi connectivity index (χ4n) is 4.90. The number of benzene rings is 2. The molecule has 4 rings (SSSR count). The second-order valence-corrected chi connectivity index (χ2v) is 13.0. The fourth-order valence-corrected chi connectivity index (χ4v) is 6.34. The Morgan fingerprint density at radius 3 is 2.30 bits per heavy atom. The Morgan fingerprint density at radius 2 is 1.72 bits per heavy atom. The maximum absolute atomic E-state index is 14.3. The van der Waals surface area contributed by atoms with Crippen molar-refractivity contribution in [2.24, 2.45) is 5.92 Å². The maximum Gasteiger partial charge on any atom is 0.408 e. The molecule has 5 atom stereocenters. The number of aliphatic hydroxyl groups excluding tert-OH is 1. The van der Waals surface area contributed by atoms with Crippen LogP contribution in [0.15, 0.2) is 77.5 Å². The van der Waals surface area contributed by atoms with Gasteiger partial charge in [-0.3, -0.25) is 9.59 Å². The average Bonchev–Trinajstić information content (AvgIpc) is 3.66. The molecule has 1 aliphatic heterocycles. The summed E-state index contributed by atoms with van der Waals surface area (Å²) in [5.41, 5.74) is 1.01. The molecule has 3 amide bonds. The molecule has 11 heteroatoms. The average molecular weight is 609 g/mol. The molecule has 0 aliphatic carbocycles. The first-order valence-corrected chi connectivity index (χ1v) is 15.4. The van der Waals surface area contributed by atoms with E-state index < -0.39 is 53.1 Å². The quantitative estimate of drug-likeness (QED) is 0.304. The van der Waals surface area contributed by atoms with Crippen LogP contribution in [0.25, 0.3) is 0 Å². The Balaban J connectivity index is 1.63. The molecular formula is C32H40N4O6S. The summed E-state index contributed by atoms with van der Waals surface area (Å²) in [6.45, 7) is 8.91. The van der Waals surface area contributed by atoms with Gasteiger partial charge in [0.1, 0.15) is 29.3 Å². The van der Waals surface area contributed by atoms with Crippen molar-refractivity contribution in [3.8, 4) is 0 Å². The van der Waals surface area contributed by atoms with Gasteiger partial charge in [0.2, 0.25) is 17.7 Å². The first-order chi connectivity index (χ1) is 20.4. The van der Waals surface area contributed by atoms with Crippen LogP contribution in [0.1, 0.15) is 63.1 Å². The van der Waals surface area contributed by atoms with Crippen molar-refractivity contribution in [1.29, 1.82) is 0 Å². The Hall–Kier alpha value is -3.83. The summed E-state index contributed by atoms with van der Waals surface area (Å²) in [7, 11) is 0. The molecule has 0 radical (unpaired) electrons. The first-order valence-electron chi connectivity index (χ1n) is 14.3. The van der Waals surface area contributed by atoms with Crippen molar-refractivity contribution in [3.63, 3.8) is 0 Å². The highest BCUT2D eigenvalue weighted by Gasteiger charge is 2.46. The predicted molar refractivity (Wildman–Crippen MR) is 164 cm³/mol. The van der Waals surface area contributed by atoms with Gasteiger partial charge in [0, 0.05) is 5.75 Å². The number of aliphatic hydroxyl groups is 1. The van der Waals surface area contributed by atoms with E-state index in [-0.39, 0.29) is 11.8 Å². The minimum absolute atomic E-state index is 0.0820. The first kappa shape index (κ1) is 32.1. The highest BCUT2D eigenvalue weighted by Crippen LogP contribution is 2.42. The van der Waals surface area contributed by atoms with E-state index in [0.29, 0.717) is 12.2 Å². The number of hydrogen-bond donors (Lipinski definition) is 3. The van der Waals surface area contributed by atoms with Crippen LogP contribution in [0, 0.1) is 5.92 Å². The van der Waals surface area contributed by atoms with E-state index >= 15 is 0 Å². The predicted octanol–water partition coefficient (Wildman–Crippen LogP) is 4.63. The third-order valence-electron chi connectivity index (χ3n) is 6.96. The molecule has 10 nitrogen and oxygen atoms in total. The van der Waals surface area contributed by atoms with Crippen LogP contribution in [0.3, 0.4) is 0 Å². The van der Waals surface area contributed by atoms with Crippen LogP contribution in [0.2, 0.25) is 0 Å². The van der Waals surface area contributed by atoms with Gasteiger partial charge in [-0.05, 0) is 44.2 Å². The van der Waals surface area contributed by atoms with Gasteiger partial charge in [-0.25, -0.2) is 9.78 Å². The number of nitrogens with zero attached hydrogens (tertiary/aromatic N) is 2. The number of amides is 3. The minimum Gasteiger partial charge on any atom is -0.446 e. The number of aromatic nitrogens is 1. The summed E-state index contributed by atoms with van der Waals surface area (Å²) in [5, 5.41) is 16.4. The lowest BCUT2D eigenvalue weighted by atomic mass is 9.99. The Bertz CT molecular complexity index is 1350. The van der Waals surface area contributed by atoms with E-state index in [4.69, 9.17) is 9.15 Å². The number of carbonyl (C=O) groups is 3. The minimum atomic E-state index is -1.22. The van der Waals surface area contributed by atoms with Crippen molar-refractivity contribution in [1.82, 2.24) is 20.5 Å². The molecule has 230 valence electrons. The zero-order valence-corrected chi connectivity index (χ0v) is 25.9. The molecule has 2 heterocycles. The Kier molecular flexibility index (Phi) is 10.5. The Labute approximate surface area is 256 Å². The van der Waals surface area contributed by atoms with Gasteiger partial charge in [-0.2, -0.15) is 0 Å². The van der Waals surface area contributed by atoms with Crippen LogP contribution in [-0.4, -0.2) is 62.4 Å². The largest absolute Gasteiger partial charge is 0.446 e. The van der Waals surface area contributed by atoms with Gasteiger partial charge >= 0.3 is 6.09 Å². The zero-order valence-electron chi connectivity index (χ0n) is 25.1. The van der Waals surface area contributed by atoms with E-state index in [1.165, 1.54) is 24.2 Å². The number of alkyl carbamates (subject to hydrolysis) is 1. The van der Waals surface area contributed by atoms with Crippen LogP contribution in [0.5, 0.6) is 0 Å². The van der Waals surface area contributed by atoms with Crippen molar-refractivity contribution in [2.45, 2.75) is 76.2 Å². The lowest BCUT2D eigenvalue weighted by molar-refractivity contribution is -0.143. The molecule has 3 N–H and O–H groups in total. The van der Waals surface area contributed by atoms with Crippen molar-refractivity contribution < 1.29 is 28.6 Å². The molecule has 0 spiro atoms. The summed E-state index contributed by atoms with van der Waals surface area (Å²) in [5.74, 6) is -0.707. The van der Waals surface area contributed by atoms with E-state index in [0.717, 1.165) is 11.1 Å². The molecule has 43 heavy (non-hydrogen) atoms.